The molecule has 17 aromatic rings. The van der Waals surface area contributed by atoms with E-state index in [1.165, 1.54) is 43.1 Å². The minimum Gasteiger partial charge on any atom is -0.310 e. The van der Waals surface area contributed by atoms with Gasteiger partial charge in [-0.1, -0.05) is 231 Å². The number of fused-ring (bicyclic) bond motifs is 6. The molecule has 0 aromatic heterocycles. The lowest BCUT2D eigenvalue weighted by atomic mass is 9.85. The van der Waals surface area contributed by atoms with Crippen LogP contribution in [0, 0.1) is 0 Å². The summed E-state index contributed by atoms with van der Waals surface area (Å²) < 4.78 is 0. The Bertz CT molecular complexity index is 5030. The molecule has 0 radical (unpaired) electrons. The van der Waals surface area contributed by atoms with E-state index in [1.807, 2.05) is 0 Å². The Morgan fingerprint density at radius 3 is 0.606 bits per heavy atom. The van der Waals surface area contributed by atoms with E-state index >= 15 is 0 Å². The summed E-state index contributed by atoms with van der Waals surface area (Å²) in [7, 11) is 0. The summed E-state index contributed by atoms with van der Waals surface area (Å²) >= 11 is 0. The molecule has 0 aliphatic carbocycles. The summed E-state index contributed by atoms with van der Waals surface area (Å²) in [6.07, 6.45) is 0. The van der Waals surface area contributed by atoms with Gasteiger partial charge in [-0.05, 0) is 232 Å². The molecule has 0 saturated carbocycles. The lowest BCUT2D eigenvalue weighted by Crippen LogP contribution is -2.10. The van der Waals surface area contributed by atoms with E-state index in [-0.39, 0.29) is 0 Å². The smallest absolute Gasteiger partial charge is 0.0468 e. The maximum atomic E-state index is 2.43. The molecule has 0 saturated heterocycles. The molecule has 0 fully saturated rings. The van der Waals surface area contributed by atoms with E-state index in [2.05, 4.69) is 396 Å². The zero-order chi connectivity index (χ0) is 62.3. The molecule has 0 atom stereocenters. The average Bonchev–Trinajstić information content (AvgIpc) is 0.729. The van der Waals surface area contributed by atoms with Crippen LogP contribution in [0.15, 0.2) is 376 Å². The van der Waals surface area contributed by atoms with E-state index < -0.39 is 0 Å². The van der Waals surface area contributed by atoms with Crippen molar-refractivity contribution in [2.75, 3.05) is 19.6 Å². The molecule has 0 aliphatic rings. The summed E-state index contributed by atoms with van der Waals surface area (Å²) in [5.41, 5.74) is 17.4. The molecule has 0 N–H and O–H groups in total. The minimum atomic E-state index is 1.06. The van der Waals surface area contributed by atoms with Gasteiger partial charge in [-0.15, -0.1) is 0 Å². The second-order valence-corrected chi connectivity index (χ2v) is 24.1. The molecule has 94 heavy (non-hydrogen) atoms. The summed E-state index contributed by atoms with van der Waals surface area (Å²) in [4.78, 5) is 9.56. The minimum absolute atomic E-state index is 1.06. The number of hydrogen-bond donors (Lipinski definition) is 0. The highest BCUT2D eigenvalue weighted by Crippen LogP contribution is 2.50. The van der Waals surface area contributed by atoms with Crippen LogP contribution in [0.5, 0.6) is 0 Å². The van der Waals surface area contributed by atoms with Crippen molar-refractivity contribution in [2.45, 2.75) is 0 Å². The van der Waals surface area contributed by atoms with Gasteiger partial charge < -0.3 is 19.6 Å². The number of benzene rings is 17. The Labute approximate surface area is 547 Å². The van der Waals surface area contributed by atoms with Gasteiger partial charge in [0.15, 0.2) is 0 Å². The first-order chi connectivity index (χ1) is 46.6. The maximum absolute atomic E-state index is 2.43. The predicted octanol–water partition coefficient (Wildman–Crippen LogP) is 25.8. The van der Waals surface area contributed by atoms with Crippen LogP contribution in [0.3, 0.4) is 0 Å². The average molecular weight is 1200 g/mol. The van der Waals surface area contributed by atoms with Crippen molar-refractivity contribution in [2.24, 2.45) is 0 Å². The first-order valence-corrected chi connectivity index (χ1v) is 32.2. The molecule has 442 valence electrons. The Kier molecular flexibility index (Phi) is 14.2. The van der Waals surface area contributed by atoms with Crippen LogP contribution in [-0.4, -0.2) is 0 Å². The topological polar surface area (TPSA) is 13.0 Å². The first kappa shape index (κ1) is 55.6. The van der Waals surface area contributed by atoms with Crippen molar-refractivity contribution in [3.05, 3.63) is 376 Å². The zero-order valence-electron chi connectivity index (χ0n) is 51.6. The van der Waals surface area contributed by atoms with E-state index in [9.17, 15) is 0 Å². The van der Waals surface area contributed by atoms with Gasteiger partial charge in [-0.3, -0.25) is 0 Å². The number of anilines is 12. The highest BCUT2D eigenvalue weighted by Gasteiger charge is 2.24. The largest absolute Gasteiger partial charge is 0.310 e. The Hall–Kier alpha value is -12.5. The molecule has 0 heterocycles. The molecule has 0 spiro atoms. The van der Waals surface area contributed by atoms with E-state index in [1.54, 1.807) is 0 Å². The number of rotatable bonds is 14. The monoisotopic (exact) mass is 1200 g/mol. The van der Waals surface area contributed by atoms with Crippen LogP contribution in [0.25, 0.3) is 86.9 Å². The Balaban J connectivity index is 0.911. The van der Waals surface area contributed by atoms with E-state index in [0.717, 1.165) is 112 Å². The van der Waals surface area contributed by atoms with Gasteiger partial charge in [0.05, 0.1) is 0 Å². The fourth-order valence-electron chi connectivity index (χ4n) is 14.0. The standard InChI is InChI=1S/C90H62N4/c1-5-29-73(30-6-1)91(74-31-7-2-8-32-74)83-53-55-85-87(61-83)89(67-41-45-77(46-42-67)93(79-49-37-63-21-13-17-25-69(63)57-79)80-50-38-64-22-14-18-26-70(64)58-80)86-56-54-84(92(75-33-9-3-10-34-75)76-35-11-4-12-36-76)62-88(86)90(85)68-43-47-78(48-44-68)94(81-51-39-65-23-15-19-27-71(65)59-81)82-52-40-66-24-16-20-28-72(66)60-82/h1-62H. The molecule has 0 amide bonds. The summed E-state index contributed by atoms with van der Waals surface area (Å²) in [5.74, 6) is 0. The van der Waals surface area contributed by atoms with E-state index in [0.29, 0.717) is 0 Å². The molecule has 0 unspecified atom stereocenters. The van der Waals surface area contributed by atoms with Gasteiger partial charge in [-0.2, -0.15) is 0 Å². The van der Waals surface area contributed by atoms with Gasteiger partial charge in [0.1, 0.15) is 0 Å². The number of para-hydroxylation sites is 4. The van der Waals surface area contributed by atoms with Gasteiger partial charge in [0.2, 0.25) is 0 Å². The lowest BCUT2D eigenvalue weighted by Gasteiger charge is -2.29. The molecule has 0 aliphatic heterocycles. The van der Waals surface area contributed by atoms with Crippen molar-refractivity contribution in [3.8, 4) is 22.3 Å². The highest BCUT2D eigenvalue weighted by atomic mass is 15.2. The fourth-order valence-corrected chi connectivity index (χ4v) is 14.0. The highest BCUT2D eigenvalue weighted by molar-refractivity contribution is 6.23. The molecule has 17 rings (SSSR count). The molecular formula is C90H62N4. The van der Waals surface area contributed by atoms with Gasteiger partial charge >= 0.3 is 0 Å². The van der Waals surface area contributed by atoms with Crippen molar-refractivity contribution in [1.29, 1.82) is 0 Å². The summed E-state index contributed by atoms with van der Waals surface area (Å²) in [5, 5.41) is 14.1. The number of hydrogen-bond acceptors (Lipinski definition) is 4. The van der Waals surface area contributed by atoms with Crippen molar-refractivity contribution >= 4 is 133 Å². The SMILES string of the molecule is c1ccc(N(c2ccccc2)c2ccc3c(-c4ccc(N(c5ccc6ccccc6c5)c5ccc6ccccc6c5)cc4)c4cc(N(c5ccccc5)c5ccccc5)ccc4c(-c4ccc(N(c5ccc6ccccc6c5)c5ccc6ccccc6c5)cc4)c3c2)cc1. The lowest BCUT2D eigenvalue weighted by molar-refractivity contribution is 1.29. The second-order valence-electron chi connectivity index (χ2n) is 24.1. The van der Waals surface area contributed by atoms with Crippen molar-refractivity contribution in [3.63, 3.8) is 0 Å². The van der Waals surface area contributed by atoms with Crippen molar-refractivity contribution < 1.29 is 0 Å². The predicted molar refractivity (Wildman–Crippen MR) is 401 cm³/mol. The van der Waals surface area contributed by atoms with Crippen LogP contribution in [0.2, 0.25) is 0 Å². The van der Waals surface area contributed by atoms with Crippen molar-refractivity contribution in [1.82, 2.24) is 0 Å². The Morgan fingerprint density at radius 1 is 0.128 bits per heavy atom. The zero-order valence-corrected chi connectivity index (χ0v) is 51.6. The third-order valence-corrected chi connectivity index (χ3v) is 18.5. The third-order valence-electron chi connectivity index (χ3n) is 18.5. The van der Waals surface area contributed by atoms with Crippen LogP contribution < -0.4 is 19.6 Å². The van der Waals surface area contributed by atoms with Gasteiger partial charge in [0.25, 0.3) is 0 Å². The second kappa shape index (κ2) is 24.0. The normalized spacial score (nSPS) is 11.4. The van der Waals surface area contributed by atoms with Crippen LogP contribution >= 0.6 is 0 Å². The quantitative estimate of drug-likeness (QED) is 0.101. The molecule has 0 bridgehead atoms. The molecular weight excluding hydrogens is 1140 g/mol. The third kappa shape index (κ3) is 10.4. The molecule has 4 nitrogen and oxygen atoms in total. The first-order valence-electron chi connectivity index (χ1n) is 32.2. The molecule has 17 aromatic carbocycles. The van der Waals surface area contributed by atoms with E-state index in [4.69, 9.17) is 0 Å². The summed E-state index contributed by atoms with van der Waals surface area (Å²) in [6.45, 7) is 0. The van der Waals surface area contributed by atoms with Gasteiger partial charge in [-0.25, -0.2) is 0 Å². The van der Waals surface area contributed by atoms with Crippen LogP contribution in [0.1, 0.15) is 0 Å². The fraction of sp³-hybridized carbons (Fsp3) is 0. The maximum Gasteiger partial charge on any atom is 0.0468 e. The summed E-state index contributed by atoms with van der Waals surface area (Å²) in [6, 6.07) is 138. The van der Waals surface area contributed by atoms with Gasteiger partial charge in [0, 0.05) is 68.2 Å². The molecule has 4 heteroatoms. The van der Waals surface area contributed by atoms with Crippen LogP contribution in [0.4, 0.5) is 68.2 Å². The Morgan fingerprint density at radius 2 is 0.330 bits per heavy atom. The van der Waals surface area contributed by atoms with Crippen LogP contribution in [-0.2, 0) is 0 Å². The number of nitrogens with zero attached hydrogens (tertiary/aromatic N) is 4.